The predicted octanol–water partition coefficient (Wildman–Crippen LogP) is 3.79. The Morgan fingerprint density at radius 1 is 0.939 bits per heavy atom. The highest BCUT2D eigenvalue weighted by molar-refractivity contribution is 7.90. The number of sulfone groups is 1. The lowest BCUT2D eigenvalue weighted by molar-refractivity contribution is -0.119. The summed E-state index contributed by atoms with van der Waals surface area (Å²) in [6.07, 6.45) is 1.02. The van der Waals surface area contributed by atoms with Crippen LogP contribution in [0.1, 0.15) is 27.0 Å². The number of nitrogens with one attached hydrogen (secondary N) is 1. The summed E-state index contributed by atoms with van der Waals surface area (Å²) in [5.74, 6) is -2.09. The molecule has 0 aliphatic carbocycles. The van der Waals surface area contributed by atoms with Crippen molar-refractivity contribution < 1.29 is 32.3 Å². The van der Waals surface area contributed by atoms with E-state index in [2.05, 4.69) is 5.32 Å². The molecule has 0 aliphatic rings. The van der Waals surface area contributed by atoms with Gasteiger partial charge in [-0.05, 0) is 36.8 Å². The molecule has 0 bridgehead atoms. The number of carbonyl (C=O) groups is 3. The Labute approximate surface area is 195 Å². The number of carbonyl (C=O) groups excluding carboxylic acids is 3. The van der Waals surface area contributed by atoms with E-state index < -0.39 is 34.3 Å². The van der Waals surface area contributed by atoms with Crippen molar-refractivity contribution in [2.24, 2.45) is 0 Å². The second-order valence-electron chi connectivity index (χ2n) is 6.86. The molecule has 10 heteroatoms. The number of thiophene rings is 1. The number of esters is 2. The van der Waals surface area contributed by atoms with E-state index in [0.717, 1.165) is 16.7 Å². The first-order valence-corrected chi connectivity index (χ1v) is 12.5. The fourth-order valence-corrected chi connectivity index (χ4v) is 4.51. The number of rotatable bonds is 8. The third-order valence-corrected chi connectivity index (χ3v) is 6.63. The molecule has 1 heterocycles. The standard InChI is InChI=1S/C23H21NO7S2/c1-3-30-23(27)21-18(13-19(32-21)15-8-5-4-6-9-15)24-20(25)14-31-22(26)16-10-7-11-17(12-16)33(2,28)29/h4-13H,3,14H2,1-2H3,(H,24,25). The van der Waals surface area contributed by atoms with Gasteiger partial charge in [0.25, 0.3) is 5.91 Å². The molecule has 2 aromatic carbocycles. The van der Waals surface area contributed by atoms with Crippen molar-refractivity contribution in [3.05, 3.63) is 71.1 Å². The van der Waals surface area contributed by atoms with E-state index in [9.17, 15) is 22.8 Å². The normalized spacial score (nSPS) is 11.0. The molecule has 3 aromatic rings. The van der Waals surface area contributed by atoms with Gasteiger partial charge in [0, 0.05) is 11.1 Å². The van der Waals surface area contributed by atoms with Crippen molar-refractivity contribution >= 4 is 44.7 Å². The zero-order valence-electron chi connectivity index (χ0n) is 17.9. The third kappa shape index (κ3) is 6.27. The Morgan fingerprint density at radius 2 is 1.67 bits per heavy atom. The highest BCUT2D eigenvalue weighted by atomic mass is 32.2. The van der Waals surface area contributed by atoms with Gasteiger partial charge in [0.2, 0.25) is 0 Å². The zero-order chi connectivity index (χ0) is 24.0. The van der Waals surface area contributed by atoms with Crippen LogP contribution in [-0.4, -0.2) is 45.7 Å². The SMILES string of the molecule is CCOC(=O)c1sc(-c2ccccc2)cc1NC(=O)COC(=O)c1cccc(S(C)(=O)=O)c1. The predicted molar refractivity (Wildman–Crippen MR) is 124 cm³/mol. The molecule has 3 rings (SSSR count). The van der Waals surface area contributed by atoms with E-state index in [4.69, 9.17) is 9.47 Å². The Bertz CT molecular complexity index is 1280. The highest BCUT2D eigenvalue weighted by Crippen LogP contribution is 2.35. The van der Waals surface area contributed by atoms with Crippen LogP contribution < -0.4 is 5.32 Å². The van der Waals surface area contributed by atoms with Crippen LogP contribution in [0.4, 0.5) is 5.69 Å². The number of hydrogen-bond acceptors (Lipinski definition) is 8. The van der Waals surface area contributed by atoms with Gasteiger partial charge >= 0.3 is 11.9 Å². The lowest BCUT2D eigenvalue weighted by atomic mass is 10.2. The third-order valence-electron chi connectivity index (χ3n) is 4.36. The quantitative estimate of drug-likeness (QED) is 0.481. The molecular weight excluding hydrogens is 466 g/mol. The van der Waals surface area contributed by atoms with E-state index in [1.165, 1.54) is 35.6 Å². The average Bonchev–Trinajstić information content (AvgIpc) is 3.21. The van der Waals surface area contributed by atoms with Gasteiger partial charge < -0.3 is 14.8 Å². The molecule has 0 aliphatic heterocycles. The summed E-state index contributed by atoms with van der Waals surface area (Å²) in [7, 11) is -3.50. The molecule has 172 valence electrons. The van der Waals surface area contributed by atoms with E-state index in [1.807, 2.05) is 30.3 Å². The Morgan fingerprint density at radius 3 is 2.33 bits per heavy atom. The summed E-state index contributed by atoms with van der Waals surface area (Å²) < 4.78 is 33.4. The van der Waals surface area contributed by atoms with E-state index in [1.54, 1.807) is 13.0 Å². The van der Waals surface area contributed by atoms with Crippen molar-refractivity contribution in [3.63, 3.8) is 0 Å². The zero-order valence-corrected chi connectivity index (χ0v) is 19.5. The summed E-state index contributed by atoms with van der Waals surface area (Å²) in [6, 6.07) is 16.3. The minimum atomic E-state index is -3.50. The minimum absolute atomic E-state index is 0.000153. The van der Waals surface area contributed by atoms with Crippen LogP contribution in [0.25, 0.3) is 10.4 Å². The van der Waals surface area contributed by atoms with Crippen LogP contribution in [0.5, 0.6) is 0 Å². The average molecular weight is 488 g/mol. The summed E-state index contributed by atoms with van der Waals surface area (Å²) in [4.78, 5) is 38.0. The summed E-state index contributed by atoms with van der Waals surface area (Å²) in [6.45, 7) is 1.23. The largest absolute Gasteiger partial charge is 0.462 e. The topological polar surface area (TPSA) is 116 Å². The van der Waals surface area contributed by atoms with Crippen molar-refractivity contribution in [3.8, 4) is 10.4 Å². The molecule has 0 atom stereocenters. The summed E-state index contributed by atoms with van der Waals surface area (Å²) in [5, 5.41) is 2.58. The first kappa shape index (κ1) is 24.1. The summed E-state index contributed by atoms with van der Waals surface area (Å²) in [5.41, 5.74) is 1.11. The highest BCUT2D eigenvalue weighted by Gasteiger charge is 2.21. The molecule has 1 amide bonds. The van der Waals surface area contributed by atoms with E-state index >= 15 is 0 Å². The Balaban J connectivity index is 1.72. The van der Waals surface area contributed by atoms with Gasteiger partial charge in [-0.2, -0.15) is 0 Å². The van der Waals surface area contributed by atoms with E-state index in [0.29, 0.717) is 0 Å². The van der Waals surface area contributed by atoms with Crippen molar-refractivity contribution in [1.29, 1.82) is 0 Å². The van der Waals surface area contributed by atoms with Crippen LogP contribution >= 0.6 is 11.3 Å². The molecule has 8 nitrogen and oxygen atoms in total. The number of ether oxygens (including phenoxy) is 2. The molecule has 1 N–H and O–H groups in total. The molecule has 33 heavy (non-hydrogen) atoms. The maximum absolute atomic E-state index is 12.4. The Kier molecular flexibility index (Phi) is 7.62. The van der Waals surface area contributed by atoms with Gasteiger partial charge in [-0.25, -0.2) is 18.0 Å². The lowest BCUT2D eigenvalue weighted by Crippen LogP contribution is -2.22. The van der Waals surface area contributed by atoms with Crippen LogP contribution in [-0.2, 0) is 24.1 Å². The van der Waals surface area contributed by atoms with Crippen LogP contribution in [0.2, 0.25) is 0 Å². The first-order valence-electron chi connectivity index (χ1n) is 9.82. The minimum Gasteiger partial charge on any atom is -0.462 e. The smallest absolute Gasteiger partial charge is 0.350 e. The maximum atomic E-state index is 12.4. The summed E-state index contributed by atoms with van der Waals surface area (Å²) >= 11 is 1.17. The number of anilines is 1. The number of hydrogen-bond donors (Lipinski definition) is 1. The fraction of sp³-hybridized carbons (Fsp3) is 0.174. The molecule has 0 fully saturated rings. The second-order valence-corrected chi connectivity index (χ2v) is 9.93. The van der Waals surface area contributed by atoms with Gasteiger partial charge in [-0.3, -0.25) is 4.79 Å². The molecule has 0 unspecified atom stereocenters. The van der Waals surface area contributed by atoms with Gasteiger partial charge in [0.05, 0.1) is 22.8 Å². The van der Waals surface area contributed by atoms with E-state index in [-0.39, 0.29) is 27.6 Å². The van der Waals surface area contributed by atoms with Gasteiger partial charge in [0.15, 0.2) is 16.4 Å². The van der Waals surface area contributed by atoms with Gasteiger partial charge in [0.1, 0.15) is 4.88 Å². The monoisotopic (exact) mass is 487 g/mol. The first-order chi connectivity index (χ1) is 15.7. The molecule has 0 saturated carbocycles. The van der Waals surface area contributed by atoms with Crippen LogP contribution in [0.15, 0.2) is 65.6 Å². The maximum Gasteiger partial charge on any atom is 0.350 e. The molecule has 0 saturated heterocycles. The van der Waals surface area contributed by atoms with Crippen molar-refractivity contribution in [1.82, 2.24) is 0 Å². The molecule has 1 aromatic heterocycles. The van der Waals surface area contributed by atoms with Crippen molar-refractivity contribution in [2.75, 3.05) is 24.8 Å². The van der Waals surface area contributed by atoms with Gasteiger partial charge in [-0.1, -0.05) is 36.4 Å². The van der Waals surface area contributed by atoms with Crippen LogP contribution in [0.3, 0.4) is 0 Å². The number of amides is 1. The second kappa shape index (κ2) is 10.4. The van der Waals surface area contributed by atoms with Crippen molar-refractivity contribution in [2.45, 2.75) is 11.8 Å². The number of benzene rings is 2. The Hall–Kier alpha value is -3.50. The molecule has 0 spiro atoms. The van der Waals surface area contributed by atoms with Gasteiger partial charge in [-0.15, -0.1) is 11.3 Å². The van der Waals surface area contributed by atoms with Crippen LogP contribution in [0, 0.1) is 0 Å². The lowest BCUT2D eigenvalue weighted by Gasteiger charge is -2.08. The molecule has 0 radical (unpaired) electrons. The molecular formula is C23H21NO7S2. The fourth-order valence-electron chi connectivity index (χ4n) is 2.83.